The summed E-state index contributed by atoms with van der Waals surface area (Å²) in [5.74, 6) is 0. The molecule has 1 saturated heterocycles. The highest BCUT2D eigenvalue weighted by Crippen LogP contribution is 2.10. The van der Waals surface area contributed by atoms with E-state index in [0.29, 0.717) is 6.54 Å². The van der Waals surface area contributed by atoms with Gasteiger partial charge in [0.25, 0.3) is 0 Å². The zero-order valence-corrected chi connectivity index (χ0v) is 5.86. The maximum absolute atomic E-state index is 9.16. The maximum Gasteiger partial charge on any atom is 0.0989 e. The number of β-amino-alcohol motifs (C(OH)–C–C–N with tert-alkyl or cyclic N) is 1. The minimum absolute atomic E-state index is 0.358. The summed E-state index contributed by atoms with van der Waals surface area (Å²) in [6.07, 6.45) is -2.19. The van der Waals surface area contributed by atoms with Crippen molar-refractivity contribution in [2.45, 2.75) is 31.3 Å². The summed E-state index contributed by atoms with van der Waals surface area (Å²) in [4.78, 5) is 0. The first kappa shape index (κ1) is 7.94. The molecule has 1 fully saturated rings. The molecule has 60 valence electrons. The van der Waals surface area contributed by atoms with Gasteiger partial charge >= 0.3 is 0 Å². The van der Waals surface area contributed by atoms with Crippen LogP contribution in [0.2, 0.25) is 0 Å². The van der Waals surface area contributed by atoms with Gasteiger partial charge in [-0.25, -0.2) is 0 Å². The first-order chi connectivity index (χ1) is 4.63. The van der Waals surface area contributed by atoms with Gasteiger partial charge in [-0.05, 0) is 6.92 Å². The van der Waals surface area contributed by atoms with E-state index in [9.17, 15) is 0 Å². The molecule has 0 aromatic heterocycles. The van der Waals surface area contributed by atoms with Crippen LogP contribution in [-0.2, 0) is 0 Å². The molecule has 1 heterocycles. The molecule has 4 N–H and O–H groups in total. The fraction of sp³-hybridized carbons (Fsp3) is 1.00. The highest BCUT2D eigenvalue weighted by atomic mass is 16.3. The van der Waals surface area contributed by atoms with Crippen molar-refractivity contribution in [2.24, 2.45) is 0 Å². The number of nitrogens with one attached hydrogen (secondary N) is 1. The van der Waals surface area contributed by atoms with Crippen molar-refractivity contribution in [3.63, 3.8) is 0 Å². The maximum atomic E-state index is 9.16. The number of aliphatic hydroxyl groups excluding tert-OH is 3. The van der Waals surface area contributed by atoms with Crippen LogP contribution in [0.3, 0.4) is 0 Å². The normalized spacial score (nSPS) is 43.8. The summed E-state index contributed by atoms with van der Waals surface area (Å²) in [7, 11) is 0. The Hall–Kier alpha value is -0.160. The Morgan fingerprint density at radius 2 is 2.10 bits per heavy atom. The van der Waals surface area contributed by atoms with E-state index in [1.807, 2.05) is 0 Å². The van der Waals surface area contributed by atoms with Crippen molar-refractivity contribution in [3.05, 3.63) is 0 Å². The molecule has 0 unspecified atom stereocenters. The first-order valence-electron chi connectivity index (χ1n) is 3.40. The van der Waals surface area contributed by atoms with Crippen molar-refractivity contribution in [3.8, 4) is 0 Å². The Labute approximate surface area is 59.5 Å². The van der Waals surface area contributed by atoms with E-state index >= 15 is 0 Å². The molecule has 4 nitrogen and oxygen atoms in total. The topological polar surface area (TPSA) is 72.7 Å². The number of aliphatic hydroxyl groups is 3. The summed E-state index contributed by atoms with van der Waals surface area (Å²) in [5, 5.41) is 30.0. The lowest BCUT2D eigenvalue weighted by atomic mass is 10.1. The zero-order chi connectivity index (χ0) is 7.72. The second-order valence-corrected chi connectivity index (χ2v) is 2.73. The van der Waals surface area contributed by atoms with E-state index in [4.69, 9.17) is 15.3 Å². The van der Waals surface area contributed by atoms with Crippen LogP contribution in [0, 0.1) is 0 Å². The second kappa shape index (κ2) is 2.84. The molecule has 0 aromatic rings. The highest BCUT2D eigenvalue weighted by Gasteiger charge is 2.35. The van der Waals surface area contributed by atoms with Crippen LogP contribution in [-0.4, -0.2) is 46.2 Å². The van der Waals surface area contributed by atoms with E-state index in [-0.39, 0.29) is 6.04 Å². The lowest BCUT2D eigenvalue weighted by Gasteiger charge is -2.18. The summed E-state index contributed by atoms with van der Waals surface area (Å²) in [6.45, 7) is 1.94. The second-order valence-electron chi connectivity index (χ2n) is 2.73. The fourth-order valence-electron chi connectivity index (χ4n) is 1.19. The van der Waals surface area contributed by atoms with Crippen LogP contribution in [0.15, 0.2) is 0 Å². The lowest BCUT2D eigenvalue weighted by Crippen LogP contribution is -2.41. The molecule has 0 bridgehead atoms. The predicted molar refractivity (Wildman–Crippen MR) is 35.5 cm³/mol. The molecule has 0 aromatic carbocycles. The Morgan fingerprint density at radius 3 is 2.30 bits per heavy atom. The zero-order valence-electron chi connectivity index (χ0n) is 5.86. The van der Waals surface area contributed by atoms with Gasteiger partial charge in [0.1, 0.15) is 0 Å². The summed E-state index contributed by atoms with van der Waals surface area (Å²) < 4.78 is 0. The smallest absolute Gasteiger partial charge is 0.0989 e. The van der Waals surface area contributed by atoms with E-state index in [0.717, 1.165) is 0 Å². The van der Waals surface area contributed by atoms with Gasteiger partial charge in [-0.3, -0.25) is 0 Å². The van der Waals surface area contributed by atoms with Crippen LogP contribution < -0.4 is 5.32 Å². The SMILES string of the molecule is C[C@@H](O)[C@H]1NC[C@@H](O)[C@@H]1O. The standard InChI is InChI=1S/C6H13NO3/c1-3(8)5-6(10)4(9)2-7-5/h3-10H,2H2,1H3/t3-,4-,5-,6+/m1/s1. The van der Waals surface area contributed by atoms with Crippen molar-refractivity contribution < 1.29 is 15.3 Å². The summed E-state index contributed by atoms with van der Waals surface area (Å²) >= 11 is 0. The minimum atomic E-state index is -0.833. The molecule has 10 heavy (non-hydrogen) atoms. The monoisotopic (exact) mass is 147 g/mol. The van der Waals surface area contributed by atoms with Crippen molar-refractivity contribution in [2.75, 3.05) is 6.54 Å². The van der Waals surface area contributed by atoms with Gasteiger partial charge in [-0.2, -0.15) is 0 Å². The van der Waals surface area contributed by atoms with Gasteiger partial charge in [0.2, 0.25) is 0 Å². The summed E-state index contributed by atoms with van der Waals surface area (Å²) in [6, 6.07) is -0.380. The van der Waals surface area contributed by atoms with Crippen molar-refractivity contribution in [1.82, 2.24) is 5.32 Å². The Morgan fingerprint density at radius 1 is 1.50 bits per heavy atom. The van der Waals surface area contributed by atoms with Crippen LogP contribution >= 0.6 is 0 Å². The van der Waals surface area contributed by atoms with Crippen LogP contribution in [0.5, 0.6) is 0 Å². The largest absolute Gasteiger partial charge is 0.392 e. The molecule has 1 aliphatic heterocycles. The average Bonchev–Trinajstić information content (AvgIpc) is 2.14. The van der Waals surface area contributed by atoms with E-state index in [1.165, 1.54) is 0 Å². The van der Waals surface area contributed by atoms with E-state index in [1.54, 1.807) is 6.92 Å². The molecule has 4 heteroatoms. The van der Waals surface area contributed by atoms with Gasteiger partial charge in [0, 0.05) is 6.54 Å². The van der Waals surface area contributed by atoms with Gasteiger partial charge in [-0.1, -0.05) is 0 Å². The molecular weight excluding hydrogens is 134 g/mol. The fourth-order valence-corrected chi connectivity index (χ4v) is 1.19. The third-order valence-corrected chi connectivity index (χ3v) is 1.84. The molecule has 0 amide bonds. The number of hydrogen-bond acceptors (Lipinski definition) is 4. The number of rotatable bonds is 1. The Bertz CT molecular complexity index is 118. The van der Waals surface area contributed by atoms with Crippen LogP contribution in [0.4, 0.5) is 0 Å². The van der Waals surface area contributed by atoms with Gasteiger partial charge in [0.05, 0.1) is 24.4 Å². The molecule has 0 spiro atoms. The molecule has 0 radical (unpaired) electrons. The molecule has 1 aliphatic rings. The predicted octanol–water partition coefficient (Wildman–Crippen LogP) is -1.94. The minimum Gasteiger partial charge on any atom is -0.392 e. The van der Waals surface area contributed by atoms with Gasteiger partial charge < -0.3 is 20.6 Å². The Balaban J connectivity index is 2.49. The Kier molecular flexibility index (Phi) is 2.25. The van der Waals surface area contributed by atoms with Crippen molar-refractivity contribution >= 4 is 0 Å². The highest BCUT2D eigenvalue weighted by molar-refractivity contribution is 4.92. The third kappa shape index (κ3) is 1.29. The molecule has 1 rings (SSSR count). The van der Waals surface area contributed by atoms with Crippen LogP contribution in [0.25, 0.3) is 0 Å². The third-order valence-electron chi connectivity index (χ3n) is 1.84. The molecule has 0 saturated carbocycles. The number of hydrogen-bond donors (Lipinski definition) is 4. The van der Waals surface area contributed by atoms with Gasteiger partial charge in [0.15, 0.2) is 0 Å². The van der Waals surface area contributed by atoms with E-state index in [2.05, 4.69) is 5.32 Å². The average molecular weight is 147 g/mol. The van der Waals surface area contributed by atoms with Gasteiger partial charge in [-0.15, -0.1) is 0 Å². The quantitative estimate of drug-likeness (QED) is 0.348. The molecule has 4 atom stereocenters. The lowest BCUT2D eigenvalue weighted by molar-refractivity contribution is 0.0114. The molecule has 0 aliphatic carbocycles. The summed E-state index contributed by atoms with van der Waals surface area (Å²) in [5.41, 5.74) is 0. The molecular formula is C6H13NO3. The van der Waals surface area contributed by atoms with E-state index < -0.39 is 18.3 Å². The van der Waals surface area contributed by atoms with Crippen LogP contribution in [0.1, 0.15) is 6.92 Å². The first-order valence-corrected chi connectivity index (χ1v) is 3.40. The van der Waals surface area contributed by atoms with Crippen molar-refractivity contribution in [1.29, 1.82) is 0 Å².